The molecule has 2 N–H and O–H groups in total. The Bertz CT molecular complexity index is 831. The highest BCUT2D eigenvalue weighted by atomic mass is 16.2. The summed E-state index contributed by atoms with van der Waals surface area (Å²) in [7, 11) is 3.91. The molecule has 2 rings (SSSR count). The summed E-state index contributed by atoms with van der Waals surface area (Å²) < 4.78 is 0. The summed E-state index contributed by atoms with van der Waals surface area (Å²) in [6.45, 7) is 9.79. The van der Waals surface area contributed by atoms with Crippen LogP contribution in [-0.2, 0) is 0 Å². The SMILES string of the molecule is CC(C)c1cccc(C(C)C)c1NC(=O)c1cccc(C(=O)NCCN(C)C)c1. The van der Waals surface area contributed by atoms with E-state index in [9.17, 15) is 9.59 Å². The zero-order valence-electron chi connectivity index (χ0n) is 18.4. The van der Waals surface area contributed by atoms with Crippen LogP contribution in [0.2, 0.25) is 0 Å². The van der Waals surface area contributed by atoms with Gasteiger partial charge in [-0.2, -0.15) is 0 Å². The molecular formula is C24H33N3O2. The van der Waals surface area contributed by atoms with Gasteiger partial charge in [0.1, 0.15) is 0 Å². The van der Waals surface area contributed by atoms with Crippen LogP contribution in [0.5, 0.6) is 0 Å². The van der Waals surface area contributed by atoms with Gasteiger partial charge in [0.25, 0.3) is 11.8 Å². The minimum atomic E-state index is -0.206. The molecule has 0 aliphatic rings. The monoisotopic (exact) mass is 395 g/mol. The number of carbonyl (C=O) groups excluding carboxylic acids is 2. The lowest BCUT2D eigenvalue weighted by atomic mass is 9.92. The number of anilines is 1. The first-order valence-electron chi connectivity index (χ1n) is 10.2. The number of rotatable bonds is 8. The maximum atomic E-state index is 13.0. The highest BCUT2D eigenvalue weighted by Gasteiger charge is 2.17. The summed E-state index contributed by atoms with van der Waals surface area (Å²) in [4.78, 5) is 27.4. The van der Waals surface area contributed by atoms with Crippen molar-refractivity contribution in [2.75, 3.05) is 32.5 Å². The second-order valence-electron chi connectivity index (χ2n) is 8.21. The molecule has 0 saturated heterocycles. The Morgan fingerprint density at radius 3 is 1.90 bits per heavy atom. The van der Waals surface area contributed by atoms with Gasteiger partial charge in [-0.1, -0.05) is 52.0 Å². The van der Waals surface area contributed by atoms with Crippen molar-refractivity contribution >= 4 is 17.5 Å². The first-order valence-corrected chi connectivity index (χ1v) is 10.2. The van der Waals surface area contributed by atoms with Crippen LogP contribution in [0.25, 0.3) is 0 Å². The Kier molecular flexibility index (Phi) is 7.97. The Balaban J connectivity index is 2.23. The molecular weight excluding hydrogens is 362 g/mol. The summed E-state index contributed by atoms with van der Waals surface area (Å²) in [6.07, 6.45) is 0. The van der Waals surface area contributed by atoms with Crippen molar-refractivity contribution in [2.24, 2.45) is 0 Å². The van der Waals surface area contributed by atoms with E-state index >= 15 is 0 Å². The molecule has 0 spiro atoms. The van der Waals surface area contributed by atoms with Crippen molar-refractivity contribution < 1.29 is 9.59 Å². The predicted octanol–water partition coefficient (Wildman–Crippen LogP) is 4.48. The third kappa shape index (κ3) is 6.16. The van der Waals surface area contributed by atoms with Crippen LogP contribution in [0.15, 0.2) is 42.5 Å². The van der Waals surface area contributed by atoms with Crippen molar-refractivity contribution in [1.29, 1.82) is 0 Å². The van der Waals surface area contributed by atoms with E-state index in [2.05, 4.69) is 50.5 Å². The molecule has 0 radical (unpaired) electrons. The normalized spacial score (nSPS) is 11.2. The molecule has 29 heavy (non-hydrogen) atoms. The number of hydrogen-bond acceptors (Lipinski definition) is 3. The average Bonchev–Trinajstić information content (AvgIpc) is 2.67. The molecule has 156 valence electrons. The molecule has 0 aliphatic heterocycles. The highest BCUT2D eigenvalue weighted by Crippen LogP contribution is 2.32. The van der Waals surface area contributed by atoms with Gasteiger partial charge < -0.3 is 15.5 Å². The van der Waals surface area contributed by atoms with Gasteiger partial charge in [-0.05, 0) is 55.3 Å². The molecule has 0 atom stereocenters. The van der Waals surface area contributed by atoms with E-state index in [-0.39, 0.29) is 23.7 Å². The van der Waals surface area contributed by atoms with Crippen molar-refractivity contribution in [1.82, 2.24) is 10.2 Å². The second-order valence-corrected chi connectivity index (χ2v) is 8.21. The number of carbonyl (C=O) groups is 2. The molecule has 0 saturated carbocycles. The predicted molar refractivity (Wildman–Crippen MR) is 120 cm³/mol. The third-order valence-electron chi connectivity index (χ3n) is 4.84. The van der Waals surface area contributed by atoms with Crippen LogP contribution in [0.4, 0.5) is 5.69 Å². The lowest BCUT2D eigenvalue weighted by Gasteiger charge is -2.20. The van der Waals surface area contributed by atoms with Crippen molar-refractivity contribution in [2.45, 2.75) is 39.5 Å². The number of para-hydroxylation sites is 1. The Labute approximate surface area is 174 Å². The minimum absolute atomic E-state index is 0.174. The van der Waals surface area contributed by atoms with Gasteiger partial charge in [0.2, 0.25) is 0 Å². The van der Waals surface area contributed by atoms with Crippen LogP contribution in [0.1, 0.15) is 71.4 Å². The fourth-order valence-corrected chi connectivity index (χ4v) is 3.18. The van der Waals surface area contributed by atoms with Gasteiger partial charge in [0.05, 0.1) is 0 Å². The van der Waals surface area contributed by atoms with E-state index in [4.69, 9.17) is 0 Å². The number of nitrogens with zero attached hydrogens (tertiary/aromatic N) is 1. The molecule has 0 fully saturated rings. The van der Waals surface area contributed by atoms with Crippen LogP contribution in [0, 0.1) is 0 Å². The van der Waals surface area contributed by atoms with E-state index in [0.717, 1.165) is 23.4 Å². The van der Waals surface area contributed by atoms with Crippen LogP contribution >= 0.6 is 0 Å². The smallest absolute Gasteiger partial charge is 0.255 e. The molecule has 5 heteroatoms. The Morgan fingerprint density at radius 1 is 0.862 bits per heavy atom. The summed E-state index contributed by atoms with van der Waals surface area (Å²) in [6, 6.07) is 13.0. The lowest BCUT2D eigenvalue weighted by Crippen LogP contribution is -2.31. The summed E-state index contributed by atoms with van der Waals surface area (Å²) >= 11 is 0. The van der Waals surface area contributed by atoms with Gasteiger partial charge >= 0.3 is 0 Å². The summed E-state index contributed by atoms with van der Waals surface area (Å²) in [5.41, 5.74) is 4.06. The van der Waals surface area contributed by atoms with Gasteiger partial charge in [-0.25, -0.2) is 0 Å². The van der Waals surface area contributed by atoms with E-state index in [1.165, 1.54) is 0 Å². The number of amides is 2. The highest BCUT2D eigenvalue weighted by molar-refractivity contribution is 6.07. The largest absolute Gasteiger partial charge is 0.351 e. The number of hydrogen-bond donors (Lipinski definition) is 2. The van der Waals surface area contributed by atoms with Gasteiger partial charge in [0.15, 0.2) is 0 Å². The zero-order chi connectivity index (χ0) is 21.6. The molecule has 0 unspecified atom stereocenters. The fraction of sp³-hybridized carbons (Fsp3) is 0.417. The maximum absolute atomic E-state index is 13.0. The standard InChI is InChI=1S/C24H33N3O2/c1-16(2)20-11-8-12-21(17(3)4)22(20)26-24(29)19-10-7-9-18(15-19)23(28)25-13-14-27(5)6/h7-12,15-17H,13-14H2,1-6H3,(H,25,28)(H,26,29). The molecule has 0 heterocycles. The first kappa shape index (κ1) is 22.6. The van der Waals surface area contributed by atoms with E-state index < -0.39 is 0 Å². The first-order chi connectivity index (χ1) is 13.7. The average molecular weight is 396 g/mol. The fourth-order valence-electron chi connectivity index (χ4n) is 3.18. The van der Waals surface area contributed by atoms with Crippen LogP contribution in [-0.4, -0.2) is 43.9 Å². The van der Waals surface area contributed by atoms with E-state index in [1.807, 2.05) is 25.1 Å². The topological polar surface area (TPSA) is 61.4 Å². The number of likely N-dealkylation sites (N-methyl/N-ethyl adjacent to an activating group) is 1. The maximum Gasteiger partial charge on any atom is 0.255 e. The van der Waals surface area contributed by atoms with E-state index in [0.29, 0.717) is 17.7 Å². The van der Waals surface area contributed by atoms with Crippen LogP contribution < -0.4 is 10.6 Å². The van der Waals surface area contributed by atoms with Crippen molar-refractivity contribution in [3.8, 4) is 0 Å². The molecule has 2 aromatic carbocycles. The van der Waals surface area contributed by atoms with Crippen LogP contribution in [0.3, 0.4) is 0 Å². The van der Waals surface area contributed by atoms with Gasteiger partial charge in [-0.15, -0.1) is 0 Å². The number of nitrogens with one attached hydrogen (secondary N) is 2. The van der Waals surface area contributed by atoms with Gasteiger partial charge in [0, 0.05) is 29.9 Å². The molecule has 5 nitrogen and oxygen atoms in total. The molecule has 0 aliphatic carbocycles. The number of benzene rings is 2. The van der Waals surface area contributed by atoms with Crippen molar-refractivity contribution in [3.05, 3.63) is 64.7 Å². The zero-order valence-corrected chi connectivity index (χ0v) is 18.4. The summed E-state index contributed by atoms with van der Waals surface area (Å²) in [5.74, 6) is 0.200. The van der Waals surface area contributed by atoms with Gasteiger partial charge in [-0.3, -0.25) is 9.59 Å². The molecule has 0 bridgehead atoms. The van der Waals surface area contributed by atoms with Crippen molar-refractivity contribution in [3.63, 3.8) is 0 Å². The second kappa shape index (κ2) is 10.2. The van der Waals surface area contributed by atoms with E-state index in [1.54, 1.807) is 24.3 Å². The lowest BCUT2D eigenvalue weighted by molar-refractivity contribution is 0.0951. The Hall–Kier alpha value is -2.66. The minimum Gasteiger partial charge on any atom is -0.351 e. The molecule has 0 aromatic heterocycles. The summed E-state index contributed by atoms with van der Waals surface area (Å²) in [5, 5.41) is 5.99. The molecule has 2 aromatic rings. The quantitative estimate of drug-likeness (QED) is 0.693. The molecule has 2 amide bonds. The third-order valence-corrected chi connectivity index (χ3v) is 4.84. The Morgan fingerprint density at radius 2 is 1.38 bits per heavy atom.